The van der Waals surface area contributed by atoms with Crippen LogP contribution in [-0.4, -0.2) is 26.9 Å². The van der Waals surface area contributed by atoms with Crippen LogP contribution < -0.4 is 0 Å². The van der Waals surface area contributed by atoms with E-state index in [1.165, 1.54) is 11.8 Å². The van der Waals surface area contributed by atoms with Gasteiger partial charge in [-0.15, -0.1) is 0 Å². The third kappa shape index (κ3) is 2.17. The van der Waals surface area contributed by atoms with Crippen LogP contribution in [0.4, 0.5) is 0 Å². The molecule has 0 amide bonds. The van der Waals surface area contributed by atoms with Gasteiger partial charge in [0.2, 0.25) is 0 Å². The lowest BCUT2D eigenvalue weighted by molar-refractivity contribution is -0.140. The van der Waals surface area contributed by atoms with Crippen LogP contribution in [0.5, 0.6) is 0 Å². The van der Waals surface area contributed by atoms with Gasteiger partial charge in [0.1, 0.15) is 11.4 Å². The Morgan fingerprint density at radius 3 is 3.13 bits per heavy atom. The van der Waals surface area contributed by atoms with Crippen molar-refractivity contribution in [3.8, 4) is 0 Å². The molecule has 0 aromatic carbocycles. The number of carbonyl (C=O) groups is 1. The van der Waals surface area contributed by atoms with Crippen molar-refractivity contribution in [2.24, 2.45) is 0 Å². The smallest absolute Gasteiger partial charge is 0.319 e. The molecule has 2 atom stereocenters. The third-order valence-electron chi connectivity index (χ3n) is 2.39. The number of aromatic nitrogens is 2. The van der Waals surface area contributed by atoms with Gasteiger partial charge >= 0.3 is 5.97 Å². The SMILES string of the molecule is CCn1ccnc1S[C@H]1C[C@@H](C)OC1=O. The molecule has 1 aliphatic rings. The first kappa shape index (κ1) is 10.5. The highest BCUT2D eigenvalue weighted by molar-refractivity contribution is 8.00. The molecule has 82 valence electrons. The van der Waals surface area contributed by atoms with Crippen molar-refractivity contribution < 1.29 is 9.53 Å². The first-order chi connectivity index (χ1) is 7.20. The van der Waals surface area contributed by atoms with E-state index in [9.17, 15) is 4.79 Å². The van der Waals surface area contributed by atoms with E-state index in [-0.39, 0.29) is 17.3 Å². The largest absolute Gasteiger partial charge is 0.462 e. The maximum absolute atomic E-state index is 11.4. The minimum absolute atomic E-state index is 0.0417. The summed E-state index contributed by atoms with van der Waals surface area (Å²) in [6, 6.07) is 0. The van der Waals surface area contributed by atoms with Crippen molar-refractivity contribution >= 4 is 17.7 Å². The highest BCUT2D eigenvalue weighted by Gasteiger charge is 2.33. The van der Waals surface area contributed by atoms with Crippen molar-refractivity contribution in [1.29, 1.82) is 0 Å². The molecule has 15 heavy (non-hydrogen) atoms. The molecule has 2 heterocycles. The fraction of sp³-hybridized carbons (Fsp3) is 0.600. The van der Waals surface area contributed by atoms with E-state index in [2.05, 4.69) is 11.9 Å². The number of thioether (sulfide) groups is 1. The summed E-state index contributed by atoms with van der Waals surface area (Å²) in [6.45, 7) is 4.85. The number of hydrogen-bond acceptors (Lipinski definition) is 4. The van der Waals surface area contributed by atoms with Gasteiger partial charge in [0.15, 0.2) is 5.16 Å². The lowest BCUT2D eigenvalue weighted by Crippen LogP contribution is -2.11. The zero-order valence-corrected chi connectivity index (χ0v) is 9.66. The van der Waals surface area contributed by atoms with Gasteiger partial charge in [0.25, 0.3) is 0 Å². The van der Waals surface area contributed by atoms with E-state index in [0.717, 1.165) is 18.1 Å². The first-order valence-electron chi connectivity index (χ1n) is 5.09. The average Bonchev–Trinajstić information content (AvgIpc) is 2.74. The number of rotatable bonds is 3. The minimum Gasteiger partial charge on any atom is -0.462 e. The first-order valence-corrected chi connectivity index (χ1v) is 5.97. The molecular weight excluding hydrogens is 212 g/mol. The van der Waals surface area contributed by atoms with E-state index in [1.807, 2.05) is 17.7 Å². The van der Waals surface area contributed by atoms with E-state index in [1.54, 1.807) is 6.20 Å². The second-order valence-corrected chi connectivity index (χ2v) is 4.76. The molecule has 2 rings (SSSR count). The minimum atomic E-state index is -0.113. The summed E-state index contributed by atoms with van der Waals surface area (Å²) < 4.78 is 7.13. The topological polar surface area (TPSA) is 44.1 Å². The number of ether oxygens (including phenoxy) is 1. The molecule has 0 spiro atoms. The fourth-order valence-corrected chi connectivity index (χ4v) is 2.82. The van der Waals surface area contributed by atoms with Crippen LogP contribution in [0.25, 0.3) is 0 Å². The zero-order valence-electron chi connectivity index (χ0n) is 8.84. The number of cyclic esters (lactones) is 1. The molecular formula is C10H14N2O2S. The summed E-state index contributed by atoms with van der Waals surface area (Å²) in [5.41, 5.74) is 0. The highest BCUT2D eigenvalue weighted by Crippen LogP contribution is 2.30. The van der Waals surface area contributed by atoms with Gasteiger partial charge in [-0.3, -0.25) is 4.79 Å². The van der Waals surface area contributed by atoms with Crippen LogP contribution in [0.2, 0.25) is 0 Å². The van der Waals surface area contributed by atoms with Crippen molar-refractivity contribution in [3.05, 3.63) is 12.4 Å². The van der Waals surface area contributed by atoms with E-state index in [4.69, 9.17) is 4.74 Å². The van der Waals surface area contributed by atoms with Crippen LogP contribution in [0, 0.1) is 0 Å². The molecule has 4 nitrogen and oxygen atoms in total. The van der Waals surface area contributed by atoms with Crippen LogP contribution in [0.1, 0.15) is 20.3 Å². The lowest BCUT2D eigenvalue weighted by atomic mass is 10.3. The number of carbonyl (C=O) groups excluding carboxylic acids is 1. The zero-order chi connectivity index (χ0) is 10.8. The Hall–Kier alpha value is -0.970. The summed E-state index contributed by atoms with van der Waals surface area (Å²) >= 11 is 1.50. The quantitative estimate of drug-likeness (QED) is 0.736. The summed E-state index contributed by atoms with van der Waals surface area (Å²) in [4.78, 5) is 15.7. The Balaban J connectivity index is 2.06. The van der Waals surface area contributed by atoms with Crippen LogP contribution in [-0.2, 0) is 16.1 Å². The average molecular weight is 226 g/mol. The van der Waals surface area contributed by atoms with Gasteiger partial charge in [0.05, 0.1) is 0 Å². The third-order valence-corrected chi connectivity index (χ3v) is 3.61. The van der Waals surface area contributed by atoms with Gasteiger partial charge < -0.3 is 9.30 Å². The molecule has 0 saturated carbocycles. The maximum atomic E-state index is 11.4. The molecule has 1 saturated heterocycles. The molecule has 0 radical (unpaired) electrons. The number of nitrogens with zero attached hydrogens (tertiary/aromatic N) is 2. The van der Waals surface area contributed by atoms with E-state index in [0.29, 0.717) is 0 Å². The number of esters is 1. The Morgan fingerprint density at radius 1 is 1.73 bits per heavy atom. The van der Waals surface area contributed by atoms with Gasteiger partial charge in [-0.2, -0.15) is 0 Å². The lowest BCUT2D eigenvalue weighted by Gasteiger charge is -2.06. The van der Waals surface area contributed by atoms with Crippen molar-refractivity contribution in [2.45, 2.75) is 43.3 Å². The second kappa shape index (κ2) is 4.26. The maximum Gasteiger partial charge on any atom is 0.319 e. The molecule has 1 aromatic heterocycles. The van der Waals surface area contributed by atoms with Gasteiger partial charge in [-0.25, -0.2) is 4.98 Å². The predicted molar refractivity (Wildman–Crippen MR) is 57.7 cm³/mol. The molecule has 0 N–H and O–H groups in total. The van der Waals surface area contributed by atoms with Crippen molar-refractivity contribution in [3.63, 3.8) is 0 Å². The molecule has 1 fully saturated rings. The summed E-state index contributed by atoms with van der Waals surface area (Å²) in [5.74, 6) is -0.113. The Kier molecular flexibility index (Phi) is 3.00. The number of aryl methyl sites for hydroxylation is 1. The standard InChI is InChI=1S/C10H14N2O2S/c1-3-12-5-4-11-10(12)15-8-6-7(2)14-9(8)13/h4-5,7-8H,3,6H2,1-2H3/t7-,8+/m1/s1. The van der Waals surface area contributed by atoms with Gasteiger partial charge in [-0.05, 0) is 13.8 Å². The van der Waals surface area contributed by atoms with Crippen molar-refractivity contribution in [1.82, 2.24) is 9.55 Å². The Morgan fingerprint density at radius 2 is 2.53 bits per heavy atom. The van der Waals surface area contributed by atoms with Crippen LogP contribution in [0.3, 0.4) is 0 Å². The monoisotopic (exact) mass is 226 g/mol. The van der Waals surface area contributed by atoms with Crippen molar-refractivity contribution in [2.75, 3.05) is 0 Å². The summed E-state index contributed by atoms with van der Waals surface area (Å²) in [5, 5.41) is 0.807. The summed E-state index contributed by atoms with van der Waals surface area (Å²) in [6.07, 6.45) is 4.50. The number of imidazole rings is 1. The van der Waals surface area contributed by atoms with Crippen LogP contribution >= 0.6 is 11.8 Å². The Labute approximate surface area is 93.0 Å². The van der Waals surface area contributed by atoms with Gasteiger partial charge in [-0.1, -0.05) is 11.8 Å². The second-order valence-electron chi connectivity index (χ2n) is 3.59. The van der Waals surface area contributed by atoms with Gasteiger partial charge in [0, 0.05) is 25.4 Å². The molecule has 0 bridgehead atoms. The molecule has 0 aliphatic carbocycles. The number of hydrogen-bond donors (Lipinski definition) is 0. The normalized spacial score (nSPS) is 25.6. The molecule has 1 aliphatic heterocycles. The van der Waals surface area contributed by atoms with E-state index >= 15 is 0 Å². The predicted octanol–water partition coefficient (Wildman–Crippen LogP) is 1.70. The molecule has 5 heteroatoms. The van der Waals surface area contributed by atoms with Crippen LogP contribution in [0.15, 0.2) is 17.6 Å². The highest BCUT2D eigenvalue weighted by atomic mass is 32.2. The fourth-order valence-electron chi connectivity index (χ4n) is 1.60. The summed E-state index contributed by atoms with van der Waals surface area (Å²) in [7, 11) is 0. The Bertz CT molecular complexity index is 364. The van der Waals surface area contributed by atoms with E-state index < -0.39 is 0 Å². The molecule has 1 aromatic rings. The molecule has 0 unspecified atom stereocenters.